The summed E-state index contributed by atoms with van der Waals surface area (Å²) in [4.78, 5) is 11.3. The molecular weight excluding hydrogens is 260 g/mol. The second kappa shape index (κ2) is 7.32. The molecule has 1 aromatic heterocycles. The molecule has 118 valence electrons. The molecule has 1 heterocycles. The van der Waals surface area contributed by atoms with E-state index in [9.17, 15) is 0 Å². The first-order chi connectivity index (χ1) is 10.1. The van der Waals surface area contributed by atoms with Crippen LogP contribution in [0.4, 0.5) is 0 Å². The molecule has 1 N–H and O–H groups in total. The number of hydrogen-bond donors (Lipinski definition) is 1. The summed E-state index contributed by atoms with van der Waals surface area (Å²) in [6, 6.07) is 0.258. The van der Waals surface area contributed by atoms with Crippen LogP contribution in [0.5, 0.6) is 0 Å². The maximum Gasteiger partial charge on any atom is 0.0775 e. The fraction of sp³-hybridized carbons (Fsp3) is 0.765. The second-order valence-electron chi connectivity index (χ2n) is 6.70. The molecule has 1 aromatic rings. The van der Waals surface area contributed by atoms with E-state index < -0.39 is 0 Å². The minimum atomic E-state index is 0.151. The average molecular weight is 290 g/mol. The molecule has 21 heavy (non-hydrogen) atoms. The molecular formula is C17H30N4. The second-order valence-corrected chi connectivity index (χ2v) is 6.70. The summed E-state index contributed by atoms with van der Waals surface area (Å²) in [6.45, 7) is 5.61. The minimum Gasteiger partial charge on any atom is -0.307 e. The molecule has 1 aliphatic rings. The van der Waals surface area contributed by atoms with Gasteiger partial charge in [-0.1, -0.05) is 13.8 Å². The van der Waals surface area contributed by atoms with E-state index in [1.807, 2.05) is 12.4 Å². The Balaban J connectivity index is 2.31. The summed E-state index contributed by atoms with van der Waals surface area (Å²) < 4.78 is 0. The number of hydrogen-bond acceptors (Lipinski definition) is 4. The largest absolute Gasteiger partial charge is 0.307 e. The van der Waals surface area contributed by atoms with E-state index in [2.05, 4.69) is 48.1 Å². The molecule has 4 heteroatoms. The topological polar surface area (TPSA) is 41.1 Å². The van der Waals surface area contributed by atoms with Gasteiger partial charge in [-0.05, 0) is 58.7 Å². The van der Waals surface area contributed by atoms with Crippen LogP contribution in [0.25, 0.3) is 0 Å². The molecule has 1 atom stereocenters. The summed E-state index contributed by atoms with van der Waals surface area (Å²) in [5, 5.41) is 3.75. The van der Waals surface area contributed by atoms with Gasteiger partial charge in [0.1, 0.15) is 0 Å². The van der Waals surface area contributed by atoms with Crippen LogP contribution in [0.1, 0.15) is 57.7 Å². The number of nitrogens with one attached hydrogen (secondary N) is 1. The molecule has 0 amide bonds. The summed E-state index contributed by atoms with van der Waals surface area (Å²) in [7, 11) is 4.43. The Morgan fingerprint density at radius 2 is 2.05 bits per heavy atom. The first-order valence-corrected chi connectivity index (χ1v) is 8.27. The van der Waals surface area contributed by atoms with E-state index in [-0.39, 0.29) is 11.6 Å². The highest BCUT2D eigenvalue weighted by molar-refractivity contribution is 5.14. The highest BCUT2D eigenvalue weighted by atomic mass is 15.2. The van der Waals surface area contributed by atoms with Crippen molar-refractivity contribution in [3.05, 3.63) is 24.3 Å². The summed E-state index contributed by atoms with van der Waals surface area (Å²) >= 11 is 0. The van der Waals surface area contributed by atoms with Crippen molar-refractivity contribution in [1.82, 2.24) is 20.2 Å². The lowest BCUT2D eigenvalue weighted by atomic mass is 9.71. The number of aromatic nitrogens is 2. The molecule has 1 unspecified atom stereocenters. The van der Waals surface area contributed by atoms with E-state index >= 15 is 0 Å². The van der Waals surface area contributed by atoms with Crippen molar-refractivity contribution < 1.29 is 0 Å². The molecule has 0 spiro atoms. The zero-order valence-electron chi connectivity index (χ0n) is 14.0. The zero-order chi connectivity index (χ0) is 15.3. The van der Waals surface area contributed by atoms with Crippen LogP contribution in [-0.4, -0.2) is 41.0 Å². The highest BCUT2D eigenvalue weighted by Gasteiger charge is 2.44. The van der Waals surface area contributed by atoms with Gasteiger partial charge >= 0.3 is 0 Å². The lowest BCUT2D eigenvalue weighted by Gasteiger charge is -2.49. The predicted octanol–water partition coefficient (Wildman–Crippen LogP) is 3.03. The van der Waals surface area contributed by atoms with Crippen LogP contribution in [0.2, 0.25) is 0 Å². The van der Waals surface area contributed by atoms with Gasteiger partial charge in [0.15, 0.2) is 0 Å². The molecule has 4 nitrogen and oxygen atoms in total. The van der Waals surface area contributed by atoms with E-state index in [0.717, 1.165) is 24.6 Å². The lowest BCUT2D eigenvalue weighted by molar-refractivity contribution is 0.0413. The number of rotatable bonds is 6. The SMILES string of the molecule is CCCNC(c1cnccn1)C1(N(C)C)CCC(C)CC1. The van der Waals surface area contributed by atoms with Gasteiger partial charge < -0.3 is 10.2 Å². The van der Waals surface area contributed by atoms with Crippen molar-refractivity contribution in [3.8, 4) is 0 Å². The van der Waals surface area contributed by atoms with E-state index in [1.54, 1.807) is 6.20 Å². The Hall–Kier alpha value is -1.00. The zero-order valence-corrected chi connectivity index (χ0v) is 14.0. The van der Waals surface area contributed by atoms with Gasteiger partial charge in [-0.25, -0.2) is 0 Å². The maximum atomic E-state index is 4.60. The van der Waals surface area contributed by atoms with Crippen LogP contribution in [0, 0.1) is 5.92 Å². The van der Waals surface area contributed by atoms with Crippen molar-refractivity contribution in [2.45, 2.75) is 57.5 Å². The molecule has 0 radical (unpaired) electrons. The van der Waals surface area contributed by atoms with Crippen LogP contribution in [-0.2, 0) is 0 Å². The maximum absolute atomic E-state index is 4.60. The fourth-order valence-electron chi connectivity index (χ4n) is 3.57. The van der Waals surface area contributed by atoms with E-state index in [4.69, 9.17) is 0 Å². The van der Waals surface area contributed by atoms with Crippen molar-refractivity contribution in [3.63, 3.8) is 0 Å². The predicted molar refractivity (Wildman–Crippen MR) is 87.1 cm³/mol. The van der Waals surface area contributed by atoms with Crippen LogP contribution < -0.4 is 5.32 Å². The van der Waals surface area contributed by atoms with Gasteiger partial charge in [0.25, 0.3) is 0 Å². The van der Waals surface area contributed by atoms with E-state index in [1.165, 1.54) is 25.7 Å². The molecule has 1 aliphatic carbocycles. The van der Waals surface area contributed by atoms with Gasteiger partial charge in [-0.2, -0.15) is 0 Å². The Labute approximate surface area is 129 Å². The monoisotopic (exact) mass is 290 g/mol. The van der Waals surface area contributed by atoms with Crippen LogP contribution in [0.15, 0.2) is 18.6 Å². The first-order valence-electron chi connectivity index (χ1n) is 8.27. The standard InChI is InChI=1S/C17H30N4/c1-5-10-20-16(15-13-18-11-12-19-15)17(21(3)4)8-6-14(2)7-9-17/h11-14,16,20H,5-10H2,1-4H3. The molecule has 0 aromatic carbocycles. The third kappa shape index (κ3) is 3.61. The van der Waals surface area contributed by atoms with Crippen LogP contribution >= 0.6 is 0 Å². The third-order valence-electron chi connectivity index (χ3n) is 5.05. The Kier molecular flexibility index (Phi) is 5.71. The fourth-order valence-corrected chi connectivity index (χ4v) is 3.57. The molecule has 0 bridgehead atoms. The average Bonchev–Trinajstić information content (AvgIpc) is 2.50. The van der Waals surface area contributed by atoms with Gasteiger partial charge in [0, 0.05) is 17.9 Å². The van der Waals surface area contributed by atoms with Crippen LogP contribution in [0.3, 0.4) is 0 Å². The van der Waals surface area contributed by atoms with Gasteiger partial charge in [-0.3, -0.25) is 9.97 Å². The van der Waals surface area contributed by atoms with Gasteiger partial charge in [-0.15, -0.1) is 0 Å². The van der Waals surface area contributed by atoms with E-state index in [0.29, 0.717) is 0 Å². The Morgan fingerprint density at radius 3 is 2.57 bits per heavy atom. The normalized spacial score (nSPS) is 27.8. The molecule has 1 fully saturated rings. The quantitative estimate of drug-likeness (QED) is 0.874. The smallest absolute Gasteiger partial charge is 0.0775 e. The van der Waals surface area contributed by atoms with Crippen molar-refractivity contribution in [2.24, 2.45) is 5.92 Å². The van der Waals surface area contributed by atoms with Crippen molar-refractivity contribution >= 4 is 0 Å². The third-order valence-corrected chi connectivity index (χ3v) is 5.05. The van der Waals surface area contributed by atoms with Gasteiger partial charge in [0.2, 0.25) is 0 Å². The molecule has 0 aliphatic heterocycles. The Morgan fingerprint density at radius 1 is 1.33 bits per heavy atom. The minimum absolute atomic E-state index is 0.151. The van der Waals surface area contributed by atoms with Crippen molar-refractivity contribution in [1.29, 1.82) is 0 Å². The first kappa shape index (κ1) is 16.4. The number of nitrogens with zero attached hydrogens (tertiary/aromatic N) is 3. The van der Waals surface area contributed by atoms with Gasteiger partial charge in [0.05, 0.1) is 17.9 Å². The Bertz CT molecular complexity index is 410. The van der Waals surface area contributed by atoms with Crippen molar-refractivity contribution in [2.75, 3.05) is 20.6 Å². The summed E-state index contributed by atoms with van der Waals surface area (Å²) in [5.41, 5.74) is 1.23. The summed E-state index contributed by atoms with van der Waals surface area (Å²) in [5.74, 6) is 0.840. The molecule has 0 saturated heterocycles. The highest BCUT2D eigenvalue weighted by Crippen LogP contribution is 2.43. The lowest BCUT2D eigenvalue weighted by Crippen LogP contribution is -2.55. The molecule has 1 saturated carbocycles. The number of likely N-dealkylation sites (N-methyl/N-ethyl adjacent to an activating group) is 1. The summed E-state index contributed by atoms with van der Waals surface area (Å²) in [6.07, 6.45) is 11.7. The molecule has 2 rings (SSSR count).